The second-order valence-corrected chi connectivity index (χ2v) is 2.73. The Balaban J connectivity index is 2.59. The molecule has 5 N–H and O–H groups in total. The van der Waals surface area contributed by atoms with Gasteiger partial charge in [-0.05, 0) is 12.1 Å². The lowest BCUT2D eigenvalue weighted by molar-refractivity contribution is -0.139. The van der Waals surface area contributed by atoms with E-state index in [-0.39, 0.29) is 5.75 Å². The summed E-state index contributed by atoms with van der Waals surface area (Å²) < 4.78 is 0. The molecule has 0 saturated carbocycles. The molecule has 0 fully saturated rings. The van der Waals surface area contributed by atoms with Crippen molar-refractivity contribution in [3.8, 4) is 5.75 Å². The third-order valence-corrected chi connectivity index (χ3v) is 1.64. The molecule has 84 valence electrons. The molecule has 0 unspecified atom stereocenters. The predicted molar refractivity (Wildman–Crippen MR) is 56.2 cm³/mol. The van der Waals surface area contributed by atoms with Crippen molar-refractivity contribution in [2.45, 2.75) is 0 Å². The van der Waals surface area contributed by atoms with Gasteiger partial charge in [-0.1, -0.05) is 12.1 Å². The van der Waals surface area contributed by atoms with Crippen LogP contribution >= 0.6 is 0 Å². The maximum absolute atomic E-state index is 10.9. The Hall–Kier alpha value is -2.41. The highest BCUT2D eigenvalue weighted by Gasteiger charge is 2.09. The van der Waals surface area contributed by atoms with Crippen LogP contribution in [0.15, 0.2) is 29.4 Å². The molecule has 1 aromatic rings. The number of benzene rings is 1. The summed E-state index contributed by atoms with van der Waals surface area (Å²) in [5, 5.41) is 12.8. The molecule has 1 rings (SSSR count). The fourth-order valence-electron chi connectivity index (χ4n) is 0.873. The first-order valence-corrected chi connectivity index (χ1v) is 4.27. The van der Waals surface area contributed by atoms with Gasteiger partial charge in [-0.25, -0.2) is 11.3 Å². The van der Waals surface area contributed by atoms with Gasteiger partial charge < -0.3 is 5.11 Å². The van der Waals surface area contributed by atoms with Gasteiger partial charge in [0.2, 0.25) is 0 Å². The van der Waals surface area contributed by atoms with Crippen LogP contribution in [0.2, 0.25) is 0 Å². The van der Waals surface area contributed by atoms with Gasteiger partial charge in [0.25, 0.3) is 0 Å². The number of rotatable bonds is 2. The fourth-order valence-corrected chi connectivity index (χ4v) is 0.873. The monoisotopic (exact) mass is 222 g/mol. The van der Waals surface area contributed by atoms with Crippen LogP contribution in [0.5, 0.6) is 5.75 Å². The number of hydrazine groups is 1. The van der Waals surface area contributed by atoms with Gasteiger partial charge in [-0.15, -0.1) is 0 Å². The van der Waals surface area contributed by atoms with E-state index in [1.165, 1.54) is 12.3 Å². The number of phenols is 1. The molecule has 0 saturated heterocycles. The SMILES string of the molecule is NNC(=O)C(=O)NN=Cc1ccccc1O. The molecule has 0 bridgehead atoms. The van der Waals surface area contributed by atoms with E-state index >= 15 is 0 Å². The number of amides is 2. The largest absolute Gasteiger partial charge is 0.507 e. The summed E-state index contributed by atoms with van der Waals surface area (Å²) in [7, 11) is 0. The summed E-state index contributed by atoms with van der Waals surface area (Å²) in [4.78, 5) is 21.5. The summed E-state index contributed by atoms with van der Waals surface area (Å²) >= 11 is 0. The standard InChI is InChI=1S/C9H10N4O3/c10-12-8(15)9(16)13-11-5-6-3-1-2-4-7(6)14/h1-5,14H,10H2,(H,12,15)(H,13,16). The van der Waals surface area contributed by atoms with E-state index in [4.69, 9.17) is 5.84 Å². The Morgan fingerprint density at radius 1 is 1.31 bits per heavy atom. The molecule has 1 aromatic carbocycles. The normalized spacial score (nSPS) is 10.1. The number of nitrogens with two attached hydrogens (primary N) is 1. The van der Waals surface area contributed by atoms with Crippen LogP contribution in [0.1, 0.15) is 5.56 Å². The van der Waals surface area contributed by atoms with Gasteiger partial charge in [0, 0.05) is 5.56 Å². The highest BCUT2D eigenvalue weighted by Crippen LogP contribution is 2.12. The fraction of sp³-hybridized carbons (Fsp3) is 0. The number of aromatic hydroxyl groups is 1. The predicted octanol–water partition coefficient (Wildman–Crippen LogP) is -1.17. The minimum Gasteiger partial charge on any atom is -0.507 e. The lowest BCUT2D eigenvalue weighted by Gasteiger charge is -1.98. The molecule has 0 aliphatic carbocycles. The third kappa shape index (κ3) is 3.07. The van der Waals surface area contributed by atoms with Crippen molar-refractivity contribution in [3.63, 3.8) is 0 Å². The van der Waals surface area contributed by atoms with E-state index in [9.17, 15) is 14.7 Å². The smallest absolute Gasteiger partial charge is 0.330 e. The number of nitrogens with one attached hydrogen (secondary N) is 2. The van der Waals surface area contributed by atoms with Crippen molar-refractivity contribution in [1.82, 2.24) is 10.9 Å². The van der Waals surface area contributed by atoms with Crippen LogP contribution in [0.4, 0.5) is 0 Å². The molecule has 16 heavy (non-hydrogen) atoms. The number of carbonyl (C=O) groups is 2. The zero-order chi connectivity index (χ0) is 12.0. The second-order valence-electron chi connectivity index (χ2n) is 2.73. The van der Waals surface area contributed by atoms with E-state index in [1.807, 2.05) is 5.43 Å². The van der Waals surface area contributed by atoms with E-state index in [0.29, 0.717) is 5.56 Å². The molecule has 7 nitrogen and oxygen atoms in total. The minimum absolute atomic E-state index is 0.0174. The molecule has 0 atom stereocenters. The van der Waals surface area contributed by atoms with Crippen molar-refractivity contribution in [2.24, 2.45) is 10.9 Å². The number of carbonyl (C=O) groups excluding carboxylic acids is 2. The molecular formula is C9H10N4O3. The van der Waals surface area contributed by atoms with Gasteiger partial charge in [0.05, 0.1) is 6.21 Å². The first-order valence-electron chi connectivity index (χ1n) is 4.27. The van der Waals surface area contributed by atoms with Crippen molar-refractivity contribution in [2.75, 3.05) is 0 Å². The van der Waals surface area contributed by atoms with Gasteiger partial charge >= 0.3 is 11.8 Å². The van der Waals surface area contributed by atoms with E-state index < -0.39 is 11.8 Å². The summed E-state index contributed by atoms with van der Waals surface area (Å²) in [6, 6.07) is 6.40. The summed E-state index contributed by atoms with van der Waals surface area (Å²) in [5.74, 6) is 2.75. The van der Waals surface area contributed by atoms with E-state index in [0.717, 1.165) is 0 Å². The summed E-state index contributed by atoms with van der Waals surface area (Å²) in [6.07, 6.45) is 1.21. The second kappa shape index (κ2) is 5.47. The number of hydrogen-bond donors (Lipinski definition) is 4. The van der Waals surface area contributed by atoms with E-state index in [1.54, 1.807) is 23.6 Å². The maximum Gasteiger partial charge on any atom is 0.330 e. The Kier molecular flexibility index (Phi) is 3.98. The molecule has 0 radical (unpaired) electrons. The molecule has 0 aliphatic rings. The molecule has 0 spiro atoms. The lowest BCUT2D eigenvalue weighted by atomic mass is 10.2. The first kappa shape index (κ1) is 11.7. The Morgan fingerprint density at radius 3 is 2.62 bits per heavy atom. The molecule has 2 amide bonds. The highest BCUT2D eigenvalue weighted by atomic mass is 16.3. The van der Waals surface area contributed by atoms with Crippen molar-refractivity contribution < 1.29 is 14.7 Å². The minimum atomic E-state index is -1.01. The van der Waals surface area contributed by atoms with Crippen LogP contribution in [0.25, 0.3) is 0 Å². The van der Waals surface area contributed by atoms with Crippen LogP contribution in [0.3, 0.4) is 0 Å². The van der Waals surface area contributed by atoms with Crippen molar-refractivity contribution in [1.29, 1.82) is 0 Å². The average Bonchev–Trinajstić information content (AvgIpc) is 2.30. The van der Waals surface area contributed by atoms with E-state index in [2.05, 4.69) is 5.10 Å². The molecule has 0 heterocycles. The third-order valence-electron chi connectivity index (χ3n) is 1.64. The lowest BCUT2D eigenvalue weighted by Crippen LogP contribution is -2.41. The number of para-hydroxylation sites is 1. The first-order chi connectivity index (χ1) is 7.65. The topological polar surface area (TPSA) is 117 Å². The van der Waals surface area contributed by atoms with Crippen LogP contribution < -0.4 is 16.7 Å². The molecule has 0 aliphatic heterocycles. The highest BCUT2D eigenvalue weighted by molar-refractivity contribution is 6.34. The Bertz CT molecular complexity index is 431. The number of hydrogen-bond acceptors (Lipinski definition) is 5. The molecule has 7 heteroatoms. The van der Waals surface area contributed by atoms with Crippen LogP contribution in [0, 0.1) is 0 Å². The van der Waals surface area contributed by atoms with Gasteiger partial charge in [-0.3, -0.25) is 15.0 Å². The zero-order valence-corrected chi connectivity index (χ0v) is 8.18. The van der Waals surface area contributed by atoms with Crippen molar-refractivity contribution in [3.05, 3.63) is 29.8 Å². The van der Waals surface area contributed by atoms with Gasteiger partial charge in [0.15, 0.2) is 0 Å². The summed E-state index contributed by atoms with van der Waals surface area (Å²) in [5.41, 5.74) is 4.00. The number of nitrogens with zero attached hydrogens (tertiary/aromatic N) is 1. The summed E-state index contributed by atoms with van der Waals surface area (Å²) in [6.45, 7) is 0. The maximum atomic E-state index is 10.9. The molecule has 0 aromatic heterocycles. The average molecular weight is 222 g/mol. The quantitative estimate of drug-likeness (QED) is 0.166. The zero-order valence-electron chi connectivity index (χ0n) is 8.18. The van der Waals surface area contributed by atoms with Gasteiger partial charge in [0.1, 0.15) is 5.75 Å². The Labute approximate surface area is 90.9 Å². The van der Waals surface area contributed by atoms with Crippen LogP contribution in [-0.2, 0) is 9.59 Å². The van der Waals surface area contributed by atoms with Crippen molar-refractivity contribution >= 4 is 18.0 Å². The van der Waals surface area contributed by atoms with Gasteiger partial charge in [-0.2, -0.15) is 5.10 Å². The molecular weight excluding hydrogens is 212 g/mol. The van der Waals surface area contributed by atoms with Crippen LogP contribution in [-0.4, -0.2) is 23.1 Å². The number of hydrazone groups is 1. The Morgan fingerprint density at radius 2 is 2.00 bits per heavy atom. The number of phenolic OH excluding ortho intramolecular Hbond substituents is 1.